The summed E-state index contributed by atoms with van der Waals surface area (Å²) in [5.74, 6) is 0.902. The van der Waals surface area contributed by atoms with Gasteiger partial charge in [-0.25, -0.2) is 15.0 Å². The summed E-state index contributed by atoms with van der Waals surface area (Å²) in [4.78, 5) is 29.8. The van der Waals surface area contributed by atoms with Crippen LogP contribution in [0.15, 0.2) is 30.5 Å². The fourth-order valence-corrected chi connectivity index (χ4v) is 2.40. The number of H-pyrrole nitrogens is 1. The molecular weight excluding hydrogens is 292 g/mol. The normalized spacial score (nSPS) is 10.9. The predicted molar refractivity (Wildman–Crippen MR) is 87.9 cm³/mol. The molecule has 3 N–H and O–H groups in total. The Bertz CT molecular complexity index is 824. The maximum absolute atomic E-state index is 12.4. The quantitative estimate of drug-likeness (QED) is 0.761. The molecule has 0 aliphatic carbocycles. The van der Waals surface area contributed by atoms with Crippen molar-refractivity contribution in [2.24, 2.45) is 0 Å². The van der Waals surface area contributed by atoms with Crippen LogP contribution in [-0.4, -0.2) is 44.3 Å². The fourth-order valence-electron chi connectivity index (χ4n) is 2.40. The number of aromatic nitrogens is 4. The van der Waals surface area contributed by atoms with Crippen molar-refractivity contribution < 1.29 is 4.79 Å². The van der Waals surface area contributed by atoms with Crippen molar-refractivity contribution in [1.82, 2.24) is 24.8 Å². The lowest BCUT2D eigenvalue weighted by Crippen LogP contribution is -2.30. The molecular formula is C16H18N6O. The van der Waals surface area contributed by atoms with Gasteiger partial charge >= 0.3 is 0 Å². The highest BCUT2D eigenvalue weighted by Crippen LogP contribution is 2.12. The molecule has 0 fully saturated rings. The summed E-state index contributed by atoms with van der Waals surface area (Å²) < 4.78 is 0. The number of carbonyl (C=O) groups is 1. The summed E-state index contributed by atoms with van der Waals surface area (Å²) in [6, 6.07) is 7.85. The highest BCUT2D eigenvalue weighted by molar-refractivity contribution is 5.94. The number of aryl methyl sites for hydroxylation is 1. The lowest BCUT2D eigenvalue weighted by atomic mass is 10.2. The molecule has 0 saturated carbocycles. The molecule has 1 aromatic carbocycles. The van der Waals surface area contributed by atoms with Crippen molar-refractivity contribution in [3.8, 4) is 0 Å². The van der Waals surface area contributed by atoms with E-state index in [0.717, 1.165) is 16.9 Å². The van der Waals surface area contributed by atoms with Gasteiger partial charge in [-0.05, 0) is 19.1 Å². The molecule has 0 atom stereocenters. The molecule has 0 saturated heterocycles. The number of nitrogens with one attached hydrogen (secondary N) is 1. The van der Waals surface area contributed by atoms with Gasteiger partial charge in [-0.3, -0.25) is 4.79 Å². The molecule has 7 heteroatoms. The van der Waals surface area contributed by atoms with Crippen LogP contribution in [0.25, 0.3) is 11.0 Å². The second-order valence-corrected chi connectivity index (χ2v) is 5.40. The standard InChI is InChI=1S/C16H18N6O/c1-10-11(9-18-16(17)19-10)15(23)22(2)8-7-14-20-12-5-3-4-6-13(12)21-14/h3-6,9H,7-8H2,1-2H3,(H,20,21)(H2,17,18,19). The minimum Gasteiger partial charge on any atom is -0.368 e. The van der Waals surface area contributed by atoms with E-state index in [0.29, 0.717) is 24.2 Å². The number of benzene rings is 1. The van der Waals surface area contributed by atoms with Crippen LogP contribution in [0.3, 0.4) is 0 Å². The molecule has 0 radical (unpaired) electrons. The highest BCUT2D eigenvalue weighted by atomic mass is 16.2. The van der Waals surface area contributed by atoms with Crippen molar-refractivity contribution >= 4 is 22.9 Å². The molecule has 0 bridgehead atoms. The monoisotopic (exact) mass is 310 g/mol. The Morgan fingerprint density at radius 2 is 2.09 bits per heavy atom. The Hall–Kier alpha value is -2.96. The summed E-state index contributed by atoms with van der Waals surface area (Å²) in [7, 11) is 1.75. The molecule has 2 aromatic heterocycles. The van der Waals surface area contributed by atoms with Gasteiger partial charge in [0.15, 0.2) is 0 Å². The summed E-state index contributed by atoms with van der Waals surface area (Å²) in [5, 5.41) is 0. The zero-order chi connectivity index (χ0) is 16.4. The van der Waals surface area contributed by atoms with Crippen molar-refractivity contribution in [2.75, 3.05) is 19.3 Å². The van der Waals surface area contributed by atoms with E-state index < -0.39 is 0 Å². The molecule has 1 amide bonds. The number of para-hydroxylation sites is 2. The number of rotatable bonds is 4. The number of likely N-dealkylation sites (N-methyl/N-ethyl adjacent to an activating group) is 1. The molecule has 118 valence electrons. The van der Waals surface area contributed by atoms with Crippen LogP contribution in [0.4, 0.5) is 5.95 Å². The zero-order valence-corrected chi connectivity index (χ0v) is 13.1. The summed E-state index contributed by atoms with van der Waals surface area (Å²) in [5.41, 5.74) is 8.49. The van der Waals surface area contributed by atoms with E-state index >= 15 is 0 Å². The van der Waals surface area contributed by atoms with E-state index in [2.05, 4.69) is 19.9 Å². The first-order chi connectivity index (χ1) is 11.0. The van der Waals surface area contributed by atoms with Crippen molar-refractivity contribution in [3.05, 3.63) is 47.5 Å². The van der Waals surface area contributed by atoms with Gasteiger partial charge in [0.25, 0.3) is 5.91 Å². The topological polar surface area (TPSA) is 101 Å². The Labute approximate surface area is 133 Å². The molecule has 0 spiro atoms. The van der Waals surface area contributed by atoms with Crippen molar-refractivity contribution in [3.63, 3.8) is 0 Å². The van der Waals surface area contributed by atoms with E-state index in [9.17, 15) is 4.79 Å². The number of hydrogen-bond acceptors (Lipinski definition) is 5. The van der Waals surface area contributed by atoms with Gasteiger partial charge in [-0.1, -0.05) is 12.1 Å². The van der Waals surface area contributed by atoms with E-state index in [-0.39, 0.29) is 11.9 Å². The molecule has 0 unspecified atom stereocenters. The van der Waals surface area contributed by atoms with Crippen molar-refractivity contribution in [1.29, 1.82) is 0 Å². The first-order valence-corrected chi connectivity index (χ1v) is 7.33. The second kappa shape index (κ2) is 6.04. The first kappa shape index (κ1) is 15.0. The molecule has 23 heavy (non-hydrogen) atoms. The van der Waals surface area contributed by atoms with Gasteiger partial charge in [0.05, 0.1) is 22.3 Å². The minimum absolute atomic E-state index is 0.126. The van der Waals surface area contributed by atoms with E-state index in [1.807, 2.05) is 24.3 Å². The molecule has 7 nitrogen and oxygen atoms in total. The van der Waals surface area contributed by atoms with E-state index in [4.69, 9.17) is 5.73 Å². The van der Waals surface area contributed by atoms with Crippen LogP contribution < -0.4 is 5.73 Å². The van der Waals surface area contributed by atoms with Crippen LogP contribution in [0.5, 0.6) is 0 Å². The number of amides is 1. The lowest BCUT2D eigenvalue weighted by molar-refractivity contribution is 0.0794. The number of nitrogen functional groups attached to an aromatic ring is 1. The number of hydrogen-bond donors (Lipinski definition) is 2. The molecule has 2 heterocycles. The van der Waals surface area contributed by atoms with Gasteiger partial charge < -0.3 is 15.6 Å². The number of aromatic amines is 1. The Balaban J connectivity index is 1.68. The molecule has 3 rings (SSSR count). The average molecular weight is 310 g/mol. The number of nitrogens with zero attached hydrogens (tertiary/aromatic N) is 4. The minimum atomic E-state index is -0.126. The van der Waals surface area contributed by atoms with Gasteiger partial charge in [0.1, 0.15) is 5.82 Å². The fraction of sp³-hybridized carbons (Fsp3) is 0.250. The highest BCUT2D eigenvalue weighted by Gasteiger charge is 2.16. The van der Waals surface area contributed by atoms with Crippen LogP contribution >= 0.6 is 0 Å². The number of nitrogens with two attached hydrogens (primary N) is 1. The maximum Gasteiger partial charge on any atom is 0.257 e. The first-order valence-electron chi connectivity index (χ1n) is 7.33. The second-order valence-electron chi connectivity index (χ2n) is 5.40. The third-order valence-corrected chi connectivity index (χ3v) is 3.70. The largest absolute Gasteiger partial charge is 0.368 e. The summed E-state index contributed by atoms with van der Waals surface area (Å²) >= 11 is 0. The number of carbonyl (C=O) groups excluding carboxylic acids is 1. The van der Waals surface area contributed by atoms with E-state index in [1.54, 1.807) is 18.9 Å². The third kappa shape index (κ3) is 3.13. The Morgan fingerprint density at radius 3 is 2.83 bits per heavy atom. The van der Waals surface area contributed by atoms with Crippen LogP contribution in [0, 0.1) is 6.92 Å². The van der Waals surface area contributed by atoms with Crippen molar-refractivity contribution in [2.45, 2.75) is 13.3 Å². The van der Waals surface area contributed by atoms with Gasteiger partial charge in [-0.2, -0.15) is 0 Å². The van der Waals surface area contributed by atoms with Crippen LogP contribution in [0.2, 0.25) is 0 Å². The zero-order valence-electron chi connectivity index (χ0n) is 13.1. The van der Waals surface area contributed by atoms with E-state index in [1.165, 1.54) is 6.20 Å². The summed E-state index contributed by atoms with van der Waals surface area (Å²) in [6.45, 7) is 2.29. The average Bonchev–Trinajstić information content (AvgIpc) is 2.95. The van der Waals surface area contributed by atoms with Gasteiger partial charge in [-0.15, -0.1) is 0 Å². The molecule has 3 aromatic rings. The number of anilines is 1. The van der Waals surface area contributed by atoms with Crippen LogP contribution in [0.1, 0.15) is 21.9 Å². The lowest BCUT2D eigenvalue weighted by Gasteiger charge is -2.17. The van der Waals surface area contributed by atoms with Gasteiger partial charge in [0, 0.05) is 26.2 Å². The number of fused-ring (bicyclic) bond motifs is 1. The van der Waals surface area contributed by atoms with Gasteiger partial charge in [0.2, 0.25) is 5.95 Å². The van der Waals surface area contributed by atoms with Crippen LogP contribution in [-0.2, 0) is 6.42 Å². The Morgan fingerprint density at radius 1 is 1.30 bits per heavy atom. The predicted octanol–water partition coefficient (Wildman–Crippen LogP) is 1.56. The SMILES string of the molecule is Cc1nc(N)ncc1C(=O)N(C)CCc1nc2ccccc2[nH]1. The smallest absolute Gasteiger partial charge is 0.257 e. The molecule has 0 aliphatic rings. The number of imidazole rings is 1. The summed E-state index contributed by atoms with van der Waals surface area (Å²) in [6.07, 6.45) is 2.11. The Kier molecular flexibility index (Phi) is 3.92. The third-order valence-electron chi connectivity index (χ3n) is 3.70. The molecule has 0 aliphatic heterocycles. The maximum atomic E-state index is 12.4.